The lowest BCUT2D eigenvalue weighted by molar-refractivity contribution is -0.384. The standard InChI is InChI=1S/C27H34N4O6/c1-19(2)18-27(13-16-30(26(27)34)15-12-20-7-4-3-5-8-20)23(25(33)29-35)11-14-28-24(32)21-9-6-10-22(17-21)31(36)37/h3-10,17,19,23,35H,11-16,18H2,1-2H3,(H,28,32)(H,29,33)/t23?,27-/m1/s1. The lowest BCUT2D eigenvalue weighted by atomic mass is 9.67. The van der Waals surface area contributed by atoms with Crippen molar-refractivity contribution in [2.24, 2.45) is 17.3 Å². The fraction of sp³-hybridized carbons (Fsp3) is 0.444. The number of non-ortho nitro benzene ring substituents is 1. The molecule has 3 amide bonds. The molecule has 0 radical (unpaired) electrons. The van der Waals surface area contributed by atoms with Gasteiger partial charge in [-0.1, -0.05) is 50.2 Å². The number of nitro benzene ring substituents is 1. The van der Waals surface area contributed by atoms with Crippen LogP contribution in [0, 0.1) is 27.4 Å². The number of nitrogens with zero attached hydrogens (tertiary/aromatic N) is 2. The summed E-state index contributed by atoms with van der Waals surface area (Å²) in [6, 6.07) is 15.2. The molecule has 0 aromatic heterocycles. The average Bonchev–Trinajstić information content (AvgIpc) is 3.20. The summed E-state index contributed by atoms with van der Waals surface area (Å²) in [7, 11) is 0. The van der Waals surface area contributed by atoms with Gasteiger partial charge in [-0.05, 0) is 43.2 Å². The SMILES string of the molecule is CC(C)C[C@@]1(C(CCNC(=O)c2cccc([N+](=O)[O-])c2)C(=O)NO)CCN(CCc2ccccc2)C1=O. The summed E-state index contributed by atoms with van der Waals surface area (Å²) >= 11 is 0. The first-order valence-corrected chi connectivity index (χ1v) is 12.5. The minimum atomic E-state index is -1.01. The molecule has 0 spiro atoms. The second-order valence-corrected chi connectivity index (χ2v) is 9.91. The third-order valence-corrected chi connectivity index (χ3v) is 6.96. The molecule has 1 fully saturated rings. The first-order chi connectivity index (χ1) is 17.7. The summed E-state index contributed by atoms with van der Waals surface area (Å²) < 4.78 is 0. The Morgan fingerprint density at radius 3 is 2.54 bits per heavy atom. The van der Waals surface area contributed by atoms with Gasteiger partial charge in [-0.2, -0.15) is 0 Å². The van der Waals surface area contributed by atoms with E-state index in [9.17, 15) is 29.7 Å². The first kappa shape index (κ1) is 27.8. The molecule has 2 atom stereocenters. The molecule has 198 valence electrons. The molecule has 3 N–H and O–H groups in total. The van der Waals surface area contributed by atoms with Crippen molar-refractivity contribution in [3.05, 3.63) is 75.8 Å². The third kappa shape index (κ3) is 6.71. The molecule has 10 heteroatoms. The molecule has 1 heterocycles. The van der Waals surface area contributed by atoms with Crippen LogP contribution in [0.2, 0.25) is 0 Å². The molecule has 1 aliphatic rings. The number of amides is 3. The van der Waals surface area contributed by atoms with E-state index in [1.807, 2.05) is 44.2 Å². The van der Waals surface area contributed by atoms with Crippen molar-refractivity contribution in [1.82, 2.24) is 15.7 Å². The van der Waals surface area contributed by atoms with Crippen molar-refractivity contribution < 1.29 is 24.5 Å². The van der Waals surface area contributed by atoms with Crippen molar-refractivity contribution in [3.8, 4) is 0 Å². The van der Waals surface area contributed by atoms with Gasteiger partial charge in [-0.25, -0.2) is 5.48 Å². The molecule has 0 saturated carbocycles. The van der Waals surface area contributed by atoms with Crippen molar-refractivity contribution in [3.63, 3.8) is 0 Å². The van der Waals surface area contributed by atoms with E-state index in [2.05, 4.69) is 5.32 Å². The Morgan fingerprint density at radius 2 is 1.89 bits per heavy atom. The van der Waals surface area contributed by atoms with Gasteiger partial charge in [0, 0.05) is 37.3 Å². The maximum absolute atomic E-state index is 13.8. The highest BCUT2D eigenvalue weighted by Crippen LogP contribution is 2.46. The predicted octanol–water partition coefficient (Wildman–Crippen LogP) is 3.34. The Hall–Kier alpha value is -3.79. The summed E-state index contributed by atoms with van der Waals surface area (Å²) in [6.07, 6.45) is 1.75. The van der Waals surface area contributed by atoms with Crippen LogP contribution in [0.25, 0.3) is 0 Å². The maximum atomic E-state index is 13.8. The maximum Gasteiger partial charge on any atom is 0.270 e. The lowest BCUT2D eigenvalue weighted by Crippen LogP contribution is -2.48. The largest absolute Gasteiger partial charge is 0.352 e. The van der Waals surface area contributed by atoms with Crippen LogP contribution in [0.5, 0.6) is 0 Å². The molecule has 1 aliphatic heterocycles. The zero-order valence-electron chi connectivity index (χ0n) is 21.2. The van der Waals surface area contributed by atoms with E-state index in [0.717, 1.165) is 5.56 Å². The molecular formula is C27H34N4O6. The van der Waals surface area contributed by atoms with Gasteiger partial charge in [-0.15, -0.1) is 0 Å². The zero-order valence-corrected chi connectivity index (χ0v) is 21.2. The molecule has 1 unspecified atom stereocenters. The van der Waals surface area contributed by atoms with Gasteiger partial charge in [0.15, 0.2) is 0 Å². The fourth-order valence-corrected chi connectivity index (χ4v) is 5.29. The molecule has 2 aromatic carbocycles. The second-order valence-electron chi connectivity index (χ2n) is 9.91. The van der Waals surface area contributed by atoms with E-state index in [0.29, 0.717) is 32.4 Å². The van der Waals surface area contributed by atoms with Crippen molar-refractivity contribution in [1.29, 1.82) is 0 Å². The quantitative estimate of drug-likeness (QED) is 0.227. The van der Waals surface area contributed by atoms with E-state index in [1.54, 1.807) is 10.4 Å². The highest BCUT2D eigenvalue weighted by molar-refractivity contribution is 5.95. The van der Waals surface area contributed by atoms with Crippen LogP contribution >= 0.6 is 0 Å². The highest BCUT2D eigenvalue weighted by Gasteiger charge is 2.54. The topological polar surface area (TPSA) is 142 Å². The van der Waals surface area contributed by atoms with Crippen LogP contribution in [-0.4, -0.2) is 52.4 Å². The average molecular weight is 511 g/mol. The number of nitro groups is 1. The zero-order chi connectivity index (χ0) is 27.0. The number of carbonyl (C=O) groups excluding carboxylic acids is 3. The van der Waals surface area contributed by atoms with E-state index >= 15 is 0 Å². The van der Waals surface area contributed by atoms with Crippen molar-refractivity contribution >= 4 is 23.4 Å². The monoisotopic (exact) mass is 510 g/mol. The van der Waals surface area contributed by atoms with Gasteiger partial charge in [0.25, 0.3) is 11.6 Å². The molecular weight excluding hydrogens is 476 g/mol. The number of nitrogens with one attached hydrogen (secondary N) is 2. The molecule has 10 nitrogen and oxygen atoms in total. The van der Waals surface area contributed by atoms with Gasteiger partial charge in [0.05, 0.1) is 16.3 Å². The molecule has 3 rings (SSSR count). The van der Waals surface area contributed by atoms with Gasteiger partial charge in [0.2, 0.25) is 11.8 Å². The summed E-state index contributed by atoms with van der Waals surface area (Å²) in [5.74, 6) is -2.04. The van der Waals surface area contributed by atoms with Crippen LogP contribution in [0.3, 0.4) is 0 Å². The summed E-state index contributed by atoms with van der Waals surface area (Å²) in [4.78, 5) is 51.5. The van der Waals surface area contributed by atoms with Crippen LogP contribution in [-0.2, 0) is 16.0 Å². The Morgan fingerprint density at radius 1 is 1.16 bits per heavy atom. The van der Waals surface area contributed by atoms with Crippen LogP contribution in [0.4, 0.5) is 5.69 Å². The highest BCUT2D eigenvalue weighted by atomic mass is 16.6. The first-order valence-electron chi connectivity index (χ1n) is 12.5. The summed E-state index contributed by atoms with van der Waals surface area (Å²) in [5.41, 5.74) is 1.76. The Balaban J connectivity index is 1.74. The minimum absolute atomic E-state index is 0.0523. The van der Waals surface area contributed by atoms with Crippen molar-refractivity contribution in [2.45, 2.75) is 39.5 Å². The fourth-order valence-electron chi connectivity index (χ4n) is 5.29. The normalized spacial score (nSPS) is 18.1. The van der Waals surface area contributed by atoms with Gasteiger partial charge >= 0.3 is 0 Å². The number of likely N-dealkylation sites (tertiary alicyclic amines) is 1. The number of hydrogen-bond acceptors (Lipinski definition) is 6. The number of rotatable bonds is 12. The lowest BCUT2D eigenvalue weighted by Gasteiger charge is -2.36. The molecule has 0 bridgehead atoms. The summed E-state index contributed by atoms with van der Waals surface area (Å²) in [5, 5.41) is 23.2. The van der Waals surface area contributed by atoms with E-state index < -0.39 is 28.1 Å². The molecule has 37 heavy (non-hydrogen) atoms. The van der Waals surface area contributed by atoms with Crippen LogP contribution in [0.15, 0.2) is 54.6 Å². The van der Waals surface area contributed by atoms with Crippen molar-refractivity contribution in [2.75, 3.05) is 19.6 Å². The molecule has 0 aliphatic carbocycles. The predicted molar refractivity (Wildman–Crippen MR) is 137 cm³/mol. The number of benzene rings is 2. The smallest absolute Gasteiger partial charge is 0.270 e. The number of hydrogen-bond donors (Lipinski definition) is 3. The van der Waals surface area contributed by atoms with E-state index in [-0.39, 0.29) is 36.0 Å². The van der Waals surface area contributed by atoms with Gasteiger partial charge in [-0.3, -0.25) is 29.7 Å². The number of hydroxylamine groups is 1. The van der Waals surface area contributed by atoms with Gasteiger partial charge in [0.1, 0.15) is 0 Å². The molecule has 2 aromatic rings. The van der Waals surface area contributed by atoms with Crippen LogP contribution in [0.1, 0.15) is 49.0 Å². The number of carbonyl (C=O) groups is 3. The second kappa shape index (κ2) is 12.4. The minimum Gasteiger partial charge on any atom is -0.352 e. The third-order valence-electron chi connectivity index (χ3n) is 6.96. The summed E-state index contributed by atoms with van der Waals surface area (Å²) in [6.45, 7) is 5.06. The Kier molecular flexibility index (Phi) is 9.35. The van der Waals surface area contributed by atoms with Gasteiger partial charge < -0.3 is 10.2 Å². The Labute approximate surface area is 216 Å². The molecule has 1 saturated heterocycles. The van der Waals surface area contributed by atoms with E-state index in [4.69, 9.17) is 0 Å². The van der Waals surface area contributed by atoms with Crippen LogP contribution < -0.4 is 10.8 Å². The van der Waals surface area contributed by atoms with E-state index in [1.165, 1.54) is 24.3 Å². The Bertz CT molecular complexity index is 1120.